The highest BCUT2D eigenvalue weighted by atomic mass is 19.1. The second-order valence-electron chi connectivity index (χ2n) is 5.32. The lowest BCUT2D eigenvalue weighted by Crippen LogP contribution is -2.44. The van der Waals surface area contributed by atoms with Crippen molar-refractivity contribution in [3.05, 3.63) is 29.6 Å². The molecule has 1 saturated carbocycles. The van der Waals surface area contributed by atoms with E-state index in [1.165, 1.54) is 11.0 Å². The molecule has 1 aromatic carbocycles. The van der Waals surface area contributed by atoms with E-state index in [2.05, 4.69) is 5.32 Å². The first-order valence-corrected chi connectivity index (χ1v) is 7.03. The highest BCUT2D eigenvalue weighted by Gasteiger charge is 2.29. The number of aryl methyl sites for hydroxylation is 1. The molecule has 0 atom stereocenters. The number of hydrogen-bond acceptors (Lipinski definition) is 2. The second kappa shape index (κ2) is 6.56. The SMILES string of the molecule is Cc1cccc(F)c1NC(=O)N(CC(=O)O)C1CCCC1. The molecular weight excluding hydrogens is 275 g/mol. The van der Waals surface area contributed by atoms with Gasteiger partial charge >= 0.3 is 12.0 Å². The van der Waals surface area contributed by atoms with E-state index < -0.39 is 17.8 Å². The molecular formula is C15H19FN2O3. The van der Waals surface area contributed by atoms with Crippen molar-refractivity contribution < 1.29 is 19.1 Å². The van der Waals surface area contributed by atoms with Crippen LogP contribution in [0.1, 0.15) is 31.2 Å². The van der Waals surface area contributed by atoms with Gasteiger partial charge in [0.2, 0.25) is 0 Å². The van der Waals surface area contributed by atoms with Crippen molar-refractivity contribution in [2.75, 3.05) is 11.9 Å². The largest absolute Gasteiger partial charge is 0.480 e. The van der Waals surface area contributed by atoms with E-state index in [9.17, 15) is 14.0 Å². The summed E-state index contributed by atoms with van der Waals surface area (Å²) in [5.41, 5.74) is 0.709. The van der Waals surface area contributed by atoms with E-state index >= 15 is 0 Å². The fourth-order valence-corrected chi connectivity index (χ4v) is 2.70. The molecule has 0 saturated heterocycles. The van der Waals surface area contributed by atoms with Crippen molar-refractivity contribution >= 4 is 17.7 Å². The van der Waals surface area contributed by atoms with Crippen molar-refractivity contribution in [2.45, 2.75) is 38.6 Å². The summed E-state index contributed by atoms with van der Waals surface area (Å²) >= 11 is 0. The van der Waals surface area contributed by atoms with Crippen molar-refractivity contribution in [3.63, 3.8) is 0 Å². The second-order valence-corrected chi connectivity index (χ2v) is 5.32. The molecule has 0 radical (unpaired) electrons. The third-order valence-corrected chi connectivity index (χ3v) is 3.79. The lowest BCUT2D eigenvalue weighted by atomic mass is 10.2. The molecule has 1 aliphatic rings. The Kier molecular flexibility index (Phi) is 4.77. The van der Waals surface area contributed by atoms with Crippen LogP contribution in [0.5, 0.6) is 0 Å². The minimum Gasteiger partial charge on any atom is -0.480 e. The van der Waals surface area contributed by atoms with Gasteiger partial charge in [0.05, 0.1) is 5.69 Å². The fourth-order valence-electron chi connectivity index (χ4n) is 2.70. The van der Waals surface area contributed by atoms with Crippen molar-refractivity contribution in [1.29, 1.82) is 0 Å². The number of aliphatic carboxylic acids is 1. The molecule has 0 bridgehead atoms. The van der Waals surface area contributed by atoms with Crippen LogP contribution in [-0.2, 0) is 4.79 Å². The van der Waals surface area contributed by atoms with E-state index in [1.54, 1.807) is 19.1 Å². The van der Waals surface area contributed by atoms with Gasteiger partial charge in [-0.05, 0) is 31.4 Å². The van der Waals surface area contributed by atoms with Gasteiger partial charge in [-0.3, -0.25) is 4.79 Å². The van der Waals surface area contributed by atoms with E-state index in [4.69, 9.17) is 5.11 Å². The molecule has 0 heterocycles. The van der Waals surface area contributed by atoms with Crippen LogP contribution in [0.25, 0.3) is 0 Å². The lowest BCUT2D eigenvalue weighted by Gasteiger charge is -2.27. The molecule has 114 valence electrons. The molecule has 0 spiro atoms. The number of rotatable bonds is 4. The molecule has 1 aliphatic carbocycles. The average molecular weight is 294 g/mol. The molecule has 2 N–H and O–H groups in total. The summed E-state index contributed by atoms with van der Waals surface area (Å²) in [5, 5.41) is 11.5. The zero-order valence-corrected chi connectivity index (χ0v) is 11.9. The topological polar surface area (TPSA) is 69.6 Å². The molecule has 2 rings (SSSR count). The lowest BCUT2D eigenvalue weighted by molar-refractivity contribution is -0.138. The first-order valence-electron chi connectivity index (χ1n) is 7.03. The number of nitrogens with zero attached hydrogens (tertiary/aromatic N) is 1. The first-order chi connectivity index (χ1) is 9.99. The number of carboxylic acids is 1. The van der Waals surface area contributed by atoms with Gasteiger partial charge in [-0.15, -0.1) is 0 Å². The number of amides is 2. The van der Waals surface area contributed by atoms with Gasteiger partial charge in [-0.25, -0.2) is 9.18 Å². The highest BCUT2D eigenvalue weighted by molar-refractivity contribution is 5.92. The molecule has 0 aliphatic heterocycles. The molecule has 1 aromatic rings. The van der Waals surface area contributed by atoms with E-state index in [0.717, 1.165) is 25.7 Å². The van der Waals surface area contributed by atoms with Gasteiger partial charge in [0, 0.05) is 6.04 Å². The molecule has 0 aromatic heterocycles. The van der Waals surface area contributed by atoms with Gasteiger partial charge in [0.1, 0.15) is 12.4 Å². The van der Waals surface area contributed by atoms with Crippen LogP contribution in [0.3, 0.4) is 0 Å². The van der Waals surface area contributed by atoms with Gasteiger partial charge in [0.15, 0.2) is 0 Å². The number of carboxylic acid groups (broad SMARTS) is 1. The summed E-state index contributed by atoms with van der Waals surface area (Å²) in [4.78, 5) is 24.6. The predicted octanol–water partition coefficient (Wildman–Crippen LogP) is 3.00. The van der Waals surface area contributed by atoms with E-state index in [0.29, 0.717) is 5.56 Å². The van der Waals surface area contributed by atoms with Crippen LogP contribution in [-0.4, -0.2) is 34.6 Å². The maximum Gasteiger partial charge on any atom is 0.323 e. The third kappa shape index (κ3) is 3.71. The minimum atomic E-state index is -1.07. The third-order valence-electron chi connectivity index (χ3n) is 3.79. The van der Waals surface area contributed by atoms with Crippen LogP contribution in [0.2, 0.25) is 0 Å². The minimum absolute atomic E-state index is 0.0896. The summed E-state index contributed by atoms with van der Waals surface area (Å²) in [6.07, 6.45) is 3.54. The smallest absolute Gasteiger partial charge is 0.323 e. The highest BCUT2D eigenvalue weighted by Crippen LogP contribution is 2.25. The van der Waals surface area contributed by atoms with E-state index in [1.807, 2.05) is 0 Å². The molecule has 1 fully saturated rings. The first kappa shape index (κ1) is 15.3. The number of hydrogen-bond donors (Lipinski definition) is 2. The summed E-state index contributed by atoms with van der Waals surface area (Å²) < 4.78 is 13.8. The molecule has 0 unspecified atom stereocenters. The van der Waals surface area contributed by atoms with Crippen LogP contribution < -0.4 is 5.32 Å². The van der Waals surface area contributed by atoms with Gasteiger partial charge in [0.25, 0.3) is 0 Å². The Morgan fingerprint density at radius 1 is 1.38 bits per heavy atom. The molecule has 5 nitrogen and oxygen atoms in total. The normalized spacial score (nSPS) is 15.0. The summed E-state index contributed by atoms with van der Waals surface area (Å²) in [6.45, 7) is 1.32. The van der Waals surface area contributed by atoms with Crippen LogP contribution >= 0.6 is 0 Å². The zero-order chi connectivity index (χ0) is 15.4. The Balaban J connectivity index is 2.16. The number of carbonyl (C=O) groups excluding carboxylic acids is 1. The van der Waals surface area contributed by atoms with Crippen molar-refractivity contribution in [3.8, 4) is 0 Å². The van der Waals surface area contributed by atoms with Crippen molar-refractivity contribution in [1.82, 2.24) is 4.90 Å². The van der Waals surface area contributed by atoms with E-state index in [-0.39, 0.29) is 18.3 Å². The van der Waals surface area contributed by atoms with Crippen molar-refractivity contribution in [2.24, 2.45) is 0 Å². The number of nitrogens with one attached hydrogen (secondary N) is 1. The zero-order valence-electron chi connectivity index (χ0n) is 11.9. The standard InChI is InChI=1S/C15H19FN2O3/c1-10-5-4-8-12(16)14(10)17-15(21)18(9-13(19)20)11-6-2-3-7-11/h4-5,8,11H,2-3,6-7,9H2,1H3,(H,17,21)(H,19,20). The quantitative estimate of drug-likeness (QED) is 0.897. The Morgan fingerprint density at radius 2 is 2.05 bits per heavy atom. The fraction of sp³-hybridized carbons (Fsp3) is 0.467. The van der Waals surface area contributed by atoms with Crippen LogP contribution in [0.15, 0.2) is 18.2 Å². The van der Waals surface area contributed by atoms with Crippen LogP contribution in [0.4, 0.5) is 14.9 Å². The van der Waals surface area contributed by atoms with Gasteiger partial charge < -0.3 is 15.3 Å². The Hall–Kier alpha value is -2.11. The number of carbonyl (C=O) groups is 2. The average Bonchev–Trinajstić information content (AvgIpc) is 2.93. The Bertz CT molecular complexity index is 521. The maximum absolute atomic E-state index is 13.8. The van der Waals surface area contributed by atoms with Gasteiger partial charge in [-0.2, -0.15) is 0 Å². The summed E-state index contributed by atoms with van der Waals surface area (Å²) in [5.74, 6) is -1.59. The molecule has 2 amide bonds. The predicted molar refractivity (Wildman–Crippen MR) is 76.8 cm³/mol. The molecule has 21 heavy (non-hydrogen) atoms. The summed E-state index contributed by atoms with van der Waals surface area (Å²) in [6, 6.07) is 3.87. The monoisotopic (exact) mass is 294 g/mol. The molecule has 6 heteroatoms. The number of benzene rings is 1. The number of halogens is 1. The number of urea groups is 1. The van der Waals surface area contributed by atoms with Gasteiger partial charge in [-0.1, -0.05) is 25.0 Å². The Labute approximate surface area is 122 Å². The Morgan fingerprint density at radius 3 is 2.62 bits per heavy atom. The number of anilines is 1. The van der Waals surface area contributed by atoms with Crippen LogP contribution in [0, 0.1) is 12.7 Å². The maximum atomic E-state index is 13.8. The summed E-state index contributed by atoms with van der Waals surface area (Å²) in [7, 11) is 0. The number of para-hydroxylation sites is 1.